The SMILES string of the molecule is CCCOc1ccc(C(=N)N)nn1. The summed E-state index contributed by atoms with van der Waals surface area (Å²) in [6, 6.07) is 3.26. The second-order valence-electron chi connectivity index (χ2n) is 2.52. The van der Waals surface area contributed by atoms with Crippen molar-refractivity contribution < 1.29 is 4.74 Å². The number of amidine groups is 1. The highest BCUT2D eigenvalue weighted by Gasteiger charge is 1.99. The first-order valence-corrected chi connectivity index (χ1v) is 4.05. The van der Waals surface area contributed by atoms with E-state index in [1.54, 1.807) is 12.1 Å². The average Bonchev–Trinajstić information content (AvgIpc) is 2.15. The maximum atomic E-state index is 7.08. The van der Waals surface area contributed by atoms with E-state index in [4.69, 9.17) is 15.9 Å². The van der Waals surface area contributed by atoms with Crippen LogP contribution in [0.1, 0.15) is 19.0 Å². The highest BCUT2D eigenvalue weighted by atomic mass is 16.5. The fourth-order valence-electron chi connectivity index (χ4n) is 0.747. The summed E-state index contributed by atoms with van der Waals surface area (Å²) in [5.74, 6) is 0.376. The van der Waals surface area contributed by atoms with Crippen LogP contribution in [0.15, 0.2) is 12.1 Å². The summed E-state index contributed by atoms with van der Waals surface area (Å²) in [4.78, 5) is 0. The Morgan fingerprint density at radius 1 is 1.54 bits per heavy atom. The van der Waals surface area contributed by atoms with Crippen molar-refractivity contribution in [2.24, 2.45) is 5.73 Å². The molecule has 5 heteroatoms. The number of rotatable bonds is 4. The number of hydrogen-bond acceptors (Lipinski definition) is 4. The normalized spacial score (nSPS) is 9.62. The molecule has 0 fully saturated rings. The van der Waals surface area contributed by atoms with Gasteiger partial charge >= 0.3 is 0 Å². The van der Waals surface area contributed by atoms with E-state index < -0.39 is 0 Å². The lowest BCUT2D eigenvalue weighted by Crippen LogP contribution is -2.13. The molecule has 3 N–H and O–H groups in total. The Bertz CT molecular complexity index is 283. The van der Waals surface area contributed by atoms with Gasteiger partial charge in [0.25, 0.3) is 0 Å². The van der Waals surface area contributed by atoms with Crippen LogP contribution < -0.4 is 10.5 Å². The summed E-state index contributed by atoms with van der Waals surface area (Å²) >= 11 is 0. The van der Waals surface area contributed by atoms with Gasteiger partial charge in [-0.3, -0.25) is 5.41 Å². The van der Waals surface area contributed by atoms with Crippen molar-refractivity contribution in [3.05, 3.63) is 17.8 Å². The Kier molecular flexibility index (Phi) is 3.19. The number of nitrogens with two attached hydrogens (primary N) is 1. The first-order chi connectivity index (χ1) is 6.24. The third-order valence-electron chi connectivity index (χ3n) is 1.37. The summed E-state index contributed by atoms with van der Waals surface area (Å²) in [6.07, 6.45) is 0.927. The zero-order chi connectivity index (χ0) is 9.68. The second kappa shape index (κ2) is 4.39. The highest BCUT2D eigenvalue weighted by molar-refractivity contribution is 5.92. The number of nitrogen functional groups attached to an aromatic ring is 1. The van der Waals surface area contributed by atoms with Gasteiger partial charge in [0, 0.05) is 6.07 Å². The van der Waals surface area contributed by atoms with Gasteiger partial charge in [-0.1, -0.05) is 6.92 Å². The second-order valence-corrected chi connectivity index (χ2v) is 2.52. The zero-order valence-corrected chi connectivity index (χ0v) is 7.45. The molecule has 0 spiro atoms. The number of nitrogens with zero attached hydrogens (tertiary/aromatic N) is 2. The van der Waals surface area contributed by atoms with Crippen LogP contribution in [0, 0.1) is 5.41 Å². The Labute approximate surface area is 76.4 Å². The van der Waals surface area contributed by atoms with Gasteiger partial charge in [0.15, 0.2) is 0 Å². The third-order valence-corrected chi connectivity index (χ3v) is 1.37. The number of hydrogen-bond donors (Lipinski definition) is 2. The minimum absolute atomic E-state index is 0.0884. The molecule has 0 aromatic carbocycles. The Morgan fingerprint density at radius 2 is 2.31 bits per heavy atom. The van der Waals surface area contributed by atoms with Crippen LogP contribution in [0.4, 0.5) is 0 Å². The van der Waals surface area contributed by atoms with Crippen molar-refractivity contribution in [1.82, 2.24) is 10.2 Å². The third kappa shape index (κ3) is 2.70. The van der Waals surface area contributed by atoms with Crippen molar-refractivity contribution in [2.45, 2.75) is 13.3 Å². The van der Waals surface area contributed by atoms with Gasteiger partial charge in [0.05, 0.1) is 6.61 Å². The minimum atomic E-state index is -0.0884. The number of aromatic nitrogens is 2. The molecule has 0 aliphatic rings. The topological polar surface area (TPSA) is 84.9 Å². The Morgan fingerprint density at radius 3 is 2.77 bits per heavy atom. The predicted molar refractivity (Wildman–Crippen MR) is 48.8 cm³/mol. The van der Waals surface area contributed by atoms with Crippen LogP contribution in [-0.4, -0.2) is 22.6 Å². The van der Waals surface area contributed by atoms with Crippen LogP contribution in [-0.2, 0) is 0 Å². The van der Waals surface area contributed by atoms with E-state index in [1.165, 1.54) is 0 Å². The Hall–Kier alpha value is -1.65. The maximum Gasteiger partial charge on any atom is 0.233 e. The summed E-state index contributed by atoms with van der Waals surface area (Å²) in [7, 11) is 0. The van der Waals surface area contributed by atoms with Crippen LogP contribution in [0.5, 0.6) is 5.88 Å². The van der Waals surface area contributed by atoms with Gasteiger partial charge in [-0.2, -0.15) is 0 Å². The van der Waals surface area contributed by atoms with Crippen LogP contribution in [0.3, 0.4) is 0 Å². The molecule has 0 aliphatic heterocycles. The van der Waals surface area contributed by atoms with E-state index >= 15 is 0 Å². The van der Waals surface area contributed by atoms with E-state index in [0.29, 0.717) is 18.2 Å². The van der Waals surface area contributed by atoms with Crippen molar-refractivity contribution in [3.63, 3.8) is 0 Å². The predicted octanol–water partition coefficient (Wildman–Crippen LogP) is 0.549. The molecule has 0 amide bonds. The lowest BCUT2D eigenvalue weighted by Gasteiger charge is -2.02. The van der Waals surface area contributed by atoms with E-state index in [9.17, 15) is 0 Å². The summed E-state index contributed by atoms with van der Waals surface area (Å²) in [5, 5.41) is 14.5. The van der Waals surface area contributed by atoms with E-state index in [1.807, 2.05) is 6.92 Å². The molecule has 0 radical (unpaired) electrons. The van der Waals surface area contributed by atoms with E-state index in [2.05, 4.69) is 10.2 Å². The first kappa shape index (κ1) is 9.44. The van der Waals surface area contributed by atoms with Crippen LogP contribution >= 0.6 is 0 Å². The van der Waals surface area contributed by atoms with Gasteiger partial charge in [0.1, 0.15) is 11.5 Å². The van der Waals surface area contributed by atoms with E-state index in [-0.39, 0.29) is 5.84 Å². The van der Waals surface area contributed by atoms with Gasteiger partial charge in [-0.15, -0.1) is 10.2 Å². The molecule has 1 heterocycles. The lowest BCUT2D eigenvalue weighted by atomic mass is 10.4. The van der Waals surface area contributed by atoms with Gasteiger partial charge in [-0.25, -0.2) is 0 Å². The van der Waals surface area contributed by atoms with Gasteiger partial charge in [-0.05, 0) is 12.5 Å². The van der Waals surface area contributed by atoms with Crippen molar-refractivity contribution >= 4 is 5.84 Å². The molecule has 0 atom stereocenters. The molecule has 13 heavy (non-hydrogen) atoms. The smallest absolute Gasteiger partial charge is 0.233 e. The maximum absolute atomic E-state index is 7.08. The molecule has 0 saturated heterocycles. The average molecular weight is 180 g/mol. The fraction of sp³-hybridized carbons (Fsp3) is 0.375. The van der Waals surface area contributed by atoms with Gasteiger partial charge < -0.3 is 10.5 Å². The standard InChI is InChI=1S/C8H12N4O/c1-2-5-13-7-4-3-6(8(9)10)11-12-7/h3-4H,2,5H2,1H3,(H3,9,10). The highest BCUT2D eigenvalue weighted by Crippen LogP contribution is 2.04. The molecular formula is C8H12N4O. The molecular weight excluding hydrogens is 168 g/mol. The number of nitrogens with one attached hydrogen (secondary N) is 1. The number of ether oxygens (including phenoxy) is 1. The molecule has 1 aromatic rings. The first-order valence-electron chi connectivity index (χ1n) is 4.05. The molecule has 1 rings (SSSR count). The van der Waals surface area contributed by atoms with Crippen molar-refractivity contribution in [3.8, 4) is 5.88 Å². The largest absolute Gasteiger partial charge is 0.477 e. The molecule has 0 aliphatic carbocycles. The molecule has 0 bridgehead atoms. The van der Waals surface area contributed by atoms with Crippen LogP contribution in [0.25, 0.3) is 0 Å². The molecule has 5 nitrogen and oxygen atoms in total. The van der Waals surface area contributed by atoms with Crippen molar-refractivity contribution in [2.75, 3.05) is 6.61 Å². The molecule has 0 unspecified atom stereocenters. The minimum Gasteiger partial charge on any atom is -0.477 e. The summed E-state index contributed by atoms with van der Waals surface area (Å²) in [6.45, 7) is 2.63. The molecule has 0 saturated carbocycles. The monoisotopic (exact) mass is 180 g/mol. The molecule has 1 aromatic heterocycles. The lowest BCUT2D eigenvalue weighted by molar-refractivity contribution is 0.301. The fourth-order valence-corrected chi connectivity index (χ4v) is 0.747. The van der Waals surface area contributed by atoms with Gasteiger partial charge in [0.2, 0.25) is 5.88 Å². The van der Waals surface area contributed by atoms with Crippen LogP contribution in [0.2, 0.25) is 0 Å². The van der Waals surface area contributed by atoms with Crippen molar-refractivity contribution in [1.29, 1.82) is 5.41 Å². The summed E-state index contributed by atoms with van der Waals surface area (Å²) in [5.41, 5.74) is 5.57. The van der Waals surface area contributed by atoms with E-state index in [0.717, 1.165) is 6.42 Å². The molecule has 70 valence electrons. The summed E-state index contributed by atoms with van der Waals surface area (Å²) < 4.78 is 5.20. The zero-order valence-electron chi connectivity index (χ0n) is 7.45. The quantitative estimate of drug-likeness (QED) is 0.523. The Balaban J connectivity index is 2.64.